The molecular weight excluding hydrogens is 246 g/mol. The Morgan fingerprint density at radius 1 is 1.67 bits per heavy atom. The Morgan fingerprint density at radius 3 is 2.75 bits per heavy atom. The highest BCUT2D eigenvalue weighted by molar-refractivity contribution is 9.10. The lowest BCUT2D eigenvalue weighted by Gasteiger charge is -2.04. The molecule has 64 valence electrons. The maximum atomic E-state index is 12.9. The van der Waals surface area contributed by atoms with Gasteiger partial charge >= 0.3 is 0 Å². The zero-order valence-electron chi connectivity index (χ0n) is 6.20. The first-order valence-electron chi connectivity index (χ1n) is 3.17. The van der Waals surface area contributed by atoms with E-state index in [0.717, 1.165) is 0 Å². The third kappa shape index (κ3) is 1.52. The summed E-state index contributed by atoms with van der Waals surface area (Å²) in [4.78, 5) is 10.4. The molecule has 0 amide bonds. The molecule has 0 aliphatic rings. The maximum Gasteiger partial charge on any atom is 0.154 e. The molecule has 0 atom stereocenters. The molecule has 1 rings (SSSR count). The summed E-state index contributed by atoms with van der Waals surface area (Å²) in [6, 6.07) is 1.23. The summed E-state index contributed by atoms with van der Waals surface area (Å²) in [7, 11) is 0. The lowest BCUT2D eigenvalue weighted by Crippen LogP contribution is -1.92. The average molecular weight is 251 g/mol. The van der Waals surface area contributed by atoms with Gasteiger partial charge in [-0.2, -0.15) is 0 Å². The molecule has 0 saturated heterocycles. The van der Waals surface area contributed by atoms with E-state index < -0.39 is 5.82 Å². The van der Waals surface area contributed by atoms with Crippen LogP contribution in [0.2, 0.25) is 5.02 Å². The quantitative estimate of drug-likeness (QED) is 0.700. The Hall–Kier alpha value is -0.410. The summed E-state index contributed by atoms with van der Waals surface area (Å²) in [6.45, 7) is 1.71. The van der Waals surface area contributed by atoms with Gasteiger partial charge in [0, 0.05) is 4.47 Å². The van der Waals surface area contributed by atoms with E-state index in [9.17, 15) is 9.18 Å². The minimum absolute atomic E-state index is 0.0858. The van der Waals surface area contributed by atoms with Crippen molar-refractivity contribution in [1.82, 2.24) is 0 Å². The van der Waals surface area contributed by atoms with Crippen molar-refractivity contribution in [3.05, 3.63) is 32.5 Å². The van der Waals surface area contributed by atoms with Gasteiger partial charge in [-0.1, -0.05) is 27.5 Å². The van der Waals surface area contributed by atoms with E-state index in [1.807, 2.05) is 0 Å². The highest BCUT2D eigenvalue weighted by atomic mass is 79.9. The first-order valence-corrected chi connectivity index (χ1v) is 4.34. The van der Waals surface area contributed by atoms with E-state index in [1.54, 1.807) is 6.92 Å². The highest BCUT2D eigenvalue weighted by Crippen LogP contribution is 2.28. The Balaban J connectivity index is 3.51. The second kappa shape index (κ2) is 3.54. The van der Waals surface area contributed by atoms with Crippen LogP contribution >= 0.6 is 27.5 Å². The van der Waals surface area contributed by atoms with E-state index in [1.165, 1.54) is 6.07 Å². The van der Waals surface area contributed by atoms with Gasteiger partial charge in [0.15, 0.2) is 6.29 Å². The first-order chi connectivity index (χ1) is 5.57. The van der Waals surface area contributed by atoms with Gasteiger partial charge in [0.2, 0.25) is 0 Å². The number of benzene rings is 1. The van der Waals surface area contributed by atoms with Crippen LogP contribution in [-0.4, -0.2) is 6.29 Å². The molecule has 0 bridgehead atoms. The van der Waals surface area contributed by atoms with Crippen LogP contribution in [0.1, 0.15) is 15.9 Å². The number of hydrogen-bond donors (Lipinski definition) is 0. The minimum Gasteiger partial charge on any atom is -0.298 e. The Kier molecular flexibility index (Phi) is 2.85. The molecule has 1 nitrogen and oxygen atoms in total. The molecule has 0 heterocycles. The van der Waals surface area contributed by atoms with Crippen molar-refractivity contribution >= 4 is 33.8 Å². The normalized spacial score (nSPS) is 10.0. The van der Waals surface area contributed by atoms with Crippen LogP contribution in [0, 0.1) is 12.7 Å². The second-order valence-electron chi connectivity index (χ2n) is 2.31. The first kappa shape index (κ1) is 9.68. The van der Waals surface area contributed by atoms with Crippen molar-refractivity contribution in [2.45, 2.75) is 6.92 Å². The fourth-order valence-corrected chi connectivity index (χ4v) is 1.57. The summed E-state index contributed by atoms with van der Waals surface area (Å²) in [5.41, 5.74) is 0.581. The van der Waals surface area contributed by atoms with Gasteiger partial charge < -0.3 is 0 Å². The lowest BCUT2D eigenvalue weighted by atomic mass is 10.1. The van der Waals surface area contributed by atoms with Crippen LogP contribution in [0.3, 0.4) is 0 Å². The van der Waals surface area contributed by atoms with Crippen LogP contribution in [0.25, 0.3) is 0 Å². The molecule has 0 saturated carbocycles. The molecule has 0 radical (unpaired) electrons. The van der Waals surface area contributed by atoms with Crippen molar-refractivity contribution < 1.29 is 9.18 Å². The summed E-state index contributed by atoms with van der Waals surface area (Å²) in [5, 5.41) is 0.164. The minimum atomic E-state index is -0.604. The molecule has 0 unspecified atom stereocenters. The molecule has 0 aliphatic carbocycles. The lowest BCUT2D eigenvalue weighted by molar-refractivity contribution is 0.112. The van der Waals surface area contributed by atoms with Crippen LogP contribution in [0.4, 0.5) is 4.39 Å². The smallest absolute Gasteiger partial charge is 0.154 e. The second-order valence-corrected chi connectivity index (χ2v) is 3.54. The number of carbonyl (C=O) groups excluding carboxylic acids is 1. The topological polar surface area (TPSA) is 17.1 Å². The zero-order valence-corrected chi connectivity index (χ0v) is 8.54. The average Bonchev–Trinajstić information content (AvgIpc) is 2.01. The number of hydrogen-bond acceptors (Lipinski definition) is 1. The number of halogens is 3. The van der Waals surface area contributed by atoms with E-state index in [-0.39, 0.29) is 10.6 Å². The van der Waals surface area contributed by atoms with Crippen molar-refractivity contribution in [2.24, 2.45) is 0 Å². The van der Waals surface area contributed by atoms with E-state index in [0.29, 0.717) is 16.3 Å². The van der Waals surface area contributed by atoms with Crippen molar-refractivity contribution in [1.29, 1.82) is 0 Å². The SMILES string of the molecule is Cc1c(Br)cc(F)c(C=O)c1Cl. The van der Waals surface area contributed by atoms with Gasteiger partial charge in [-0.25, -0.2) is 4.39 Å². The summed E-state index contributed by atoms with van der Waals surface area (Å²) in [6.07, 6.45) is 0.414. The summed E-state index contributed by atoms with van der Waals surface area (Å²) in [5.74, 6) is -0.604. The third-order valence-electron chi connectivity index (χ3n) is 1.55. The molecule has 12 heavy (non-hydrogen) atoms. The third-order valence-corrected chi connectivity index (χ3v) is 2.86. The molecule has 4 heteroatoms. The zero-order chi connectivity index (χ0) is 9.30. The van der Waals surface area contributed by atoms with E-state index >= 15 is 0 Å². The predicted molar refractivity (Wildman–Crippen MR) is 49.2 cm³/mol. The maximum absolute atomic E-state index is 12.9. The monoisotopic (exact) mass is 250 g/mol. The molecular formula is C8H5BrClFO. The largest absolute Gasteiger partial charge is 0.298 e. The van der Waals surface area contributed by atoms with Crippen molar-refractivity contribution in [3.63, 3.8) is 0 Å². The number of aldehydes is 1. The number of carbonyl (C=O) groups is 1. The van der Waals surface area contributed by atoms with Gasteiger partial charge in [-0.05, 0) is 18.6 Å². The fraction of sp³-hybridized carbons (Fsp3) is 0.125. The van der Waals surface area contributed by atoms with Gasteiger partial charge in [-0.15, -0.1) is 0 Å². The van der Waals surface area contributed by atoms with Gasteiger partial charge in [0.05, 0.1) is 10.6 Å². The summed E-state index contributed by atoms with van der Waals surface area (Å²) < 4.78 is 13.5. The highest BCUT2D eigenvalue weighted by Gasteiger charge is 2.11. The Morgan fingerprint density at radius 2 is 2.25 bits per heavy atom. The van der Waals surface area contributed by atoms with E-state index in [2.05, 4.69) is 15.9 Å². The predicted octanol–water partition coefficient (Wildman–Crippen LogP) is 3.36. The molecule has 0 N–H and O–H groups in total. The van der Waals surface area contributed by atoms with Crippen LogP contribution in [0.5, 0.6) is 0 Å². The molecule has 1 aromatic carbocycles. The van der Waals surface area contributed by atoms with Crippen LogP contribution < -0.4 is 0 Å². The van der Waals surface area contributed by atoms with E-state index in [4.69, 9.17) is 11.6 Å². The standard InChI is InChI=1S/C8H5BrClFO/c1-4-6(9)2-7(11)5(3-12)8(4)10/h2-3H,1H3. The molecule has 0 aromatic heterocycles. The Bertz CT molecular complexity index is 338. The van der Waals surface area contributed by atoms with Crippen LogP contribution in [0.15, 0.2) is 10.5 Å². The van der Waals surface area contributed by atoms with Crippen molar-refractivity contribution in [2.75, 3.05) is 0 Å². The van der Waals surface area contributed by atoms with Gasteiger partial charge in [0.1, 0.15) is 5.82 Å². The Labute approximate surface area is 82.7 Å². The van der Waals surface area contributed by atoms with Crippen LogP contribution in [-0.2, 0) is 0 Å². The fourth-order valence-electron chi connectivity index (χ4n) is 0.817. The summed E-state index contributed by atoms with van der Waals surface area (Å²) >= 11 is 8.82. The molecule has 0 spiro atoms. The molecule has 0 aliphatic heterocycles. The van der Waals surface area contributed by atoms with Crippen molar-refractivity contribution in [3.8, 4) is 0 Å². The van der Waals surface area contributed by atoms with Gasteiger partial charge in [-0.3, -0.25) is 4.79 Å². The molecule has 0 fully saturated rings. The molecule has 1 aromatic rings. The number of rotatable bonds is 1. The van der Waals surface area contributed by atoms with Gasteiger partial charge in [0.25, 0.3) is 0 Å².